The predicted octanol–water partition coefficient (Wildman–Crippen LogP) is 4.19. The van der Waals surface area contributed by atoms with Gasteiger partial charge in [-0.3, -0.25) is 4.79 Å². The molecule has 1 amide bonds. The van der Waals surface area contributed by atoms with Gasteiger partial charge in [0.1, 0.15) is 5.82 Å². The highest BCUT2D eigenvalue weighted by atomic mass is 35.5. The van der Waals surface area contributed by atoms with Gasteiger partial charge in [-0.25, -0.2) is 4.98 Å². The third kappa shape index (κ3) is 6.44. The molecular weight excluding hydrogens is 386 g/mol. The van der Waals surface area contributed by atoms with Crippen molar-refractivity contribution >= 4 is 17.5 Å². The molecule has 0 radical (unpaired) electrons. The van der Waals surface area contributed by atoms with Crippen LogP contribution in [0.3, 0.4) is 0 Å². The second-order valence-electron chi connectivity index (χ2n) is 6.89. The van der Waals surface area contributed by atoms with Crippen molar-refractivity contribution in [3.05, 3.63) is 89.0 Å². The maximum Gasteiger partial charge on any atom is 0.223 e. The van der Waals surface area contributed by atoms with E-state index >= 15 is 0 Å². The Kier molecular flexibility index (Phi) is 7.85. The number of rotatable bonds is 10. The van der Waals surface area contributed by atoms with E-state index in [0.717, 1.165) is 23.4 Å². The van der Waals surface area contributed by atoms with Crippen molar-refractivity contribution in [1.82, 2.24) is 14.5 Å². The van der Waals surface area contributed by atoms with Crippen molar-refractivity contribution in [3.63, 3.8) is 0 Å². The van der Waals surface area contributed by atoms with Gasteiger partial charge in [-0.1, -0.05) is 54.1 Å². The van der Waals surface area contributed by atoms with Crippen LogP contribution >= 0.6 is 11.6 Å². The smallest absolute Gasteiger partial charge is 0.223 e. The molecule has 0 spiro atoms. The lowest BCUT2D eigenvalue weighted by molar-refractivity contribution is -0.132. The fourth-order valence-electron chi connectivity index (χ4n) is 3.19. The number of hydrogen-bond donors (Lipinski definition) is 0. The molecule has 3 rings (SSSR count). The van der Waals surface area contributed by atoms with Gasteiger partial charge in [-0.15, -0.1) is 0 Å². The molecule has 0 aliphatic carbocycles. The Bertz CT molecular complexity index is 911. The van der Waals surface area contributed by atoms with Crippen LogP contribution in [0.25, 0.3) is 0 Å². The summed E-state index contributed by atoms with van der Waals surface area (Å²) in [5.74, 6) is 0.942. The molecule has 152 valence electrons. The van der Waals surface area contributed by atoms with Crippen LogP contribution in [-0.4, -0.2) is 40.6 Å². The average molecular weight is 412 g/mol. The van der Waals surface area contributed by atoms with E-state index in [9.17, 15) is 4.79 Å². The minimum Gasteiger partial charge on any atom is -0.383 e. The van der Waals surface area contributed by atoms with Crippen molar-refractivity contribution in [2.45, 2.75) is 25.9 Å². The van der Waals surface area contributed by atoms with E-state index < -0.39 is 0 Å². The molecule has 0 unspecified atom stereocenters. The Hall–Kier alpha value is -2.63. The maximum atomic E-state index is 12.9. The van der Waals surface area contributed by atoms with Crippen molar-refractivity contribution < 1.29 is 9.53 Å². The number of aromatic nitrogens is 2. The van der Waals surface area contributed by atoms with E-state index in [2.05, 4.69) is 9.55 Å². The molecule has 0 fully saturated rings. The Morgan fingerprint density at radius 1 is 1.14 bits per heavy atom. The normalized spacial score (nSPS) is 10.8. The average Bonchev–Trinajstić information content (AvgIpc) is 3.16. The van der Waals surface area contributed by atoms with Crippen LogP contribution in [0.4, 0.5) is 0 Å². The molecule has 5 nitrogen and oxygen atoms in total. The number of carbonyl (C=O) groups is 1. The third-order valence-corrected chi connectivity index (χ3v) is 5.00. The zero-order chi connectivity index (χ0) is 20.5. The lowest BCUT2D eigenvalue weighted by atomic mass is 10.1. The summed E-state index contributed by atoms with van der Waals surface area (Å²) in [5, 5.41) is 0.710. The Morgan fingerprint density at radius 2 is 1.93 bits per heavy atom. The first kappa shape index (κ1) is 21.1. The molecule has 0 atom stereocenters. The van der Waals surface area contributed by atoms with Crippen LogP contribution in [0.2, 0.25) is 5.02 Å². The number of benzene rings is 2. The SMILES string of the molecule is COCCN(Cc1nccn1Cc1cccc(Cl)c1)C(=O)CCc1ccccc1. The van der Waals surface area contributed by atoms with Crippen LogP contribution in [0, 0.1) is 0 Å². The number of methoxy groups -OCH3 is 1. The molecule has 29 heavy (non-hydrogen) atoms. The first-order chi connectivity index (χ1) is 14.2. The molecule has 3 aromatic rings. The van der Waals surface area contributed by atoms with Crippen molar-refractivity contribution in [1.29, 1.82) is 0 Å². The quantitative estimate of drug-likeness (QED) is 0.502. The summed E-state index contributed by atoms with van der Waals surface area (Å²) in [6.45, 7) is 2.14. The third-order valence-electron chi connectivity index (χ3n) is 4.76. The summed E-state index contributed by atoms with van der Waals surface area (Å²) < 4.78 is 7.26. The standard InChI is InChI=1S/C23H26ClN3O2/c1-29-15-14-27(23(28)11-10-19-6-3-2-4-7-19)18-22-25-12-13-26(22)17-20-8-5-9-21(24)16-20/h2-9,12-13,16H,10-11,14-15,17-18H2,1H3. The minimum atomic E-state index is 0.100. The highest BCUT2D eigenvalue weighted by molar-refractivity contribution is 6.30. The van der Waals surface area contributed by atoms with Crippen molar-refractivity contribution in [2.75, 3.05) is 20.3 Å². The van der Waals surface area contributed by atoms with E-state index in [1.165, 1.54) is 0 Å². The summed E-state index contributed by atoms with van der Waals surface area (Å²) in [6.07, 6.45) is 4.88. The van der Waals surface area contributed by atoms with Gasteiger partial charge in [-0.2, -0.15) is 0 Å². The number of halogens is 1. The van der Waals surface area contributed by atoms with Crippen LogP contribution in [0.1, 0.15) is 23.4 Å². The van der Waals surface area contributed by atoms with Gasteiger partial charge < -0.3 is 14.2 Å². The second-order valence-corrected chi connectivity index (χ2v) is 7.33. The lowest BCUT2D eigenvalue weighted by Crippen LogP contribution is -2.34. The number of carbonyl (C=O) groups excluding carboxylic acids is 1. The molecule has 1 heterocycles. The number of ether oxygens (including phenoxy) is 1. The van der Waals surface area contributed by atoms with E-state index in [1.807, 2.05) is 65.7 Å². The van der Waals surface area contributed by atoms with E-state index in [1.54, 1.807) is 13.3 Å². The highest BCUT2D eigenvalue weighted by Gasteiger charge is 2.16. The fraction of sp³-hybridized carbons (Fsp3) is 0.304. The van der Waals surface area contributed by atoms with Gasteiger partial charge in [0.05, 0.1) is 13.2 Å². The number of imidazole rings is 1. The topological polar surface area (TPSA) is 47.4 Å². The van der Waals surface area contributed by atoms with Crippen LogP contribution in [0.15, 0.2) is 67.0 Å². The molecule has 2 aromatic carbocycles. The number of hydrogen-bond acceptors (Lipinski definition) is 3. The molecular formula is C23H26ClN3O2. The second kappa shape index (κ2) is 10.8. The van der Waals surface area contributed by atoms with Gasteiger partial charge in [0.25, 0.3) is 0 Å². The first-order valence-corrected chi connectivity index (χ1v) is 10.1. The fourth-order valence-corrected chi connectivity index (χ4v) is 3.40. The van der Waals surface area contributed by atoms with Gasteiger partial charge in [0.2, 0.25) is 5.91 Å². The van der Waals surface area contributed by atoms with Gasteiger partial charge in [0.15, 0.2) is 0 Å². The zero-order valence-corrected chi connectivity index (χ0v) is 17.4. The minimum absolute atomic E-state index is 0.100. The maximum absolute atomic E-state index is 12.9. The molecule has 1 aromatic heterocycles. The van der Waals surface area contributed by atoms with Crippen molar-refractivity contribution in [2.24, 2.45) is 0 Å². The number of aryl methyl sites for hydroxylation is 1. The molecule has 0 aliphatic rings. The molecule has 0 bridgehead atoms. The van der Waals surface area contributed by atoms with Gasteiger partial charge in [-0.05, 0) is 29.7 Å². The van der Waals surface area contributed by atoms with E-state index in [4.69, 9.17) is 16.3 Å². The Morgan fingerprint density at radius 3 is 2.69 bits per heavy atom. The van der Waals surface area contributed by atoms with Gasteiger partial charge in [0, 0.05) is 44.0 Å². The molecule has 0 aliphatic heterocycles. The van der Waals surface area contributed by atoms with Gasteiger partial charge >= 0.3 is 0 Å². The highest BCUT2D eigenvalue weighted by Crippen LogP contribution is 2.14. The summed E-state index contributed by atoms with van der Waals surface area (Å²) in [6, 6.07) is 17.8. The van der Waals surface area contributed by atoms with E-state index in [-0.39, 0.29) is 5.91 Å². The predicted molar refractivity (Wildman–Crippen MR) is 115 cm³/mol. The Labute approximate surface area is 176 Å². The summed E-state index contributed by atoms with van der Waals surface area (Å²) in [7, 11) is 1.65. The largest absolute Gasteiger partial charge is 0.383 e. The van der Waals surface area contributed by atoms with Crippen LogP contribution in [-0.2, 0) is 29.0 Å². The number of amides is 1. The molecule has 0 saturated heterocycles. The first-order valence-electron chi connectivity index (χ1n) is 9.71. The summed E-state index contributed by atoms with van der Waals surface area (Å²) >= 11 is 6.10. The van der Waals surface area contributed by atoms with Crippen molar-refractivity contribution in [3.8, 4) is 0 Å². The molecule has 6 heteroatoms. The number of nitrogens with zero attached hydrogens (tertiary/aromatic N) is 3. The summed E-state index contributed by atoms with van der Waals surface area (Å²) in [5.41, 5.74) is 2.26. The van der Waals surface area contributed by atoms with Crippen LogP contribution in [0.5, 0.6) is 0 Å². The lowest BCUT2D eigenvalue weighted by Gasteiger charge is -2.23. The molecule has 0 saturated carbocycles. The van der Waals surface area contributed by atoms with E-state index in [0.29, 0.717) is 37.7 Å². The summed E-state index contributed by atoms with van der Waals surface area (Å²) in [4.78, 5) is 19.2. The zero-order valence-electron chi connectivity index (χ0n) is 16.6. The van der Waals surface area contributed by atoms with Crippen LogP contribution < -0.4 is 0 Å². The molecule has 0 N–H and O–H groups in total. The Balaban J connectivity index is 1.66. The monoisotopic (exact) mass is 411 g/mol.